The molecule has 0 bridgehead atoms. The Bertz CT molecular complexity index is 362. The summed E-state index contributed by atoms with van der Waals surface area (Å²) in [5.41, 5.74) is 5.63. The lowest BCUT2D eigenvalue weighted by atomic mass is 10.1. The lowest BCUT2D eigenvalue weighted by Crippen LogP contribution is -2.36. The highest BCUT2D eigenvalue weighted by Gasteiger charge is 2.18. The van der Waals surface area contributed by atoms with Gasteiger partial charge in [0.25, 0.3) is 0 Å². The summed E-state index contributed by atoms with van der Waals surface area (Å²) in [6.45, 7) is 1.61. The predicted molar refractivity (Wildman–Crippen MR) is 63.4 cm³/mol. The van der Waals surface area contributed by atoms with E-state index in [4.69, 9.17) is 5.73 Å². The van der Waals surface area contributed by atoms with E-state index in [0.717, 1.165) is 31.7 Å². The number of aliphatic hydroxyl groups is 1. The topological polar surface area (TPSA) is 87.3 Å². The van der Waals surface area contributed by atoms with Gasteiger partial charge in [-0.05, 0) is 12.8 Å². The van der Waals surface area contributed by atoms with Crippen LogP contribution in [0.4, 0.5) is 17.6 Å². The van der Waals surface area contributed by atoms with E-state index in [-0.39, 0.29) is 12.1 Å². The van der Waals surface area contributed by atoms with Crippen LogP contribution in [0.25, 0.3) is 0 Å². The number of piperidine rings is 1. The molecule has 1 aromatic heterocycles. The minimum Gasteiger partial charge on any atom is -0.393 e. The summed E-state index contributed by atoms with van der Waals surface area (Å²) in [6, 6.07) is 1.87. The van der Waals surface area contributed by atoms with Crippen molar-refractivity contribution in [2.24, 2.45) is 0 Å². The number of nitrogens with zero attached hydrogens (tertiary/aromatic N) is 3. The number of nitrogen functional groups attached to an aromatic ring is 1. The van der Waals surface area contributed by atoms with E-state index in [1.165, 1.54) is 0 Å². The van der Waals surface area contributed by atoms with Gasteiger partial charge in [0.15, 0.2) is 0 Å². The molecule has 0 saturated carbocycles. The Balaban J connectivity index is 2.16. The molecule has 0 radical (unpaired) electrons. The number of aliphatic hydroxyl groups excluding tert-OH is 1. The fraction of sp³-hybridized carbons (Fsp3) is 0.600. The molecule has 0 atom stereocenters. The first kappa shape index (κ1) is 10.9. The summed E-state index contributed by atoms with van der Waals surface area (Å²) in [7, 11) is 1.80. The lowest BCUT2D eigenvalue weighted by molar-refractivity contribution is 0.145. The van der Waals surface area contributed by atoms with Gasteiger partial charge < -0.3 is 21.1 Å². The fourth-order valence-corrected chi connectivity index (χ4v) is 1.84. The van der Waals surface area contributed by atoms with Gasteiger partial charge in [0.05, 0.1) is 6.10 Å². The molecule has 1 saturated heterocycles. The minimum absolute atomic E-state index is 0.181. The summed E-state index contributed by atoms with van der Waals surface area (Å²) in [4.78, 5) is 10.4. The van der Waals surface area contributed by atoms with Crippen LogP contribution < -0.4 is 16.0 Å². The van der Waals surface area contributed by atoms with Gasteiger partial charge in [-0.1, -0.05) is 0 Å². The summed E-state index contributed by atoms with van der Waals surface area (Å²) in [5, 5.41) is 12.4. The number of hydrogen-bond donors (Lipinski definition) is 3. The first-order valence-corrected chi connectivity index (χ1v) is 5.44. The molecule has 2 rings (SSSR count). The fourth-order valence-electron chi connectivity index (χ4n) is 1.84. The average molecular weight is 223 g/mol. The molecule has 0 aliphatic carbocycles. The smallest absolute Gasteiger partial charge is 0.223 e. The Morgan fingerprint density at radius 1 is 1.44 bits per heavy atom. The number of anilines is 3. The molecule has 88 valence electrons. The van der Waals surface area contributed by atoms with E-state index in [2.05, 4.69) is 20.2 Å². The van der Waals surface area contributed by atoms with Crippen LogP contribution in [-0.2, 0) is 0 Å². The van der Waals surface area contributed by atoms with Crippen molar-refractivity contribution >= 4 is 17.6 Å². The Kier molecular flexibility index (Phi) is 3.09. The van der Waals surface area contributed by atoms with Crippen LogP contribution in [-0.4, -0.2) is 41.3 Å². The Labute approximate surface area is 94.5 Å². The van der Waals surface area contributed by atoms with Crippen molar-refractivity contribution < 1.29 is 5.11 Å². The zero-order valence-corrected chi connectivity index (χ0v) is 9.35. The SMILES string of the molecule is CNc1cc(N2CCC(O)CC2)nc(N)n1. The molecule has 6 heteroatoms. The molecular weight excluding hydrogens is 206 g/mol. The van der Waals surface area contributed by atoms with Crippen molar-refractivity contribution in [2.45, 2.75) is 18.9 Å². The zero-order valence-electron chi connectivity index (χ0n) is 9.35. The quantitative estimate of drug-likeness (QED) is 0.657. The maximum Gasteiger partial charge on any atom is 0.223 e. The number of nitrogens with two attached hydrogens (primary N) is 1. The third-order valence-corrected chi connectivity index (χ3v) is 2.77. The van der Waals surface area contributed by atoms with Gasteiger partial charge in [-0.3, -0.25) is 0 Å². The zero-order chi connectivity index (χ0) is 11.5. The van der Waals surface area contributed by atoms with E-state index < -0.39 is 0 Å². The maximum absolute atomic E-state index is 9.43. The molecule has 2 heterocycles. The van der Waals surface area contributed by atoms with Crippen LogP contribution >= 0.6 is 0 Å². The van der Waals surface area contributed by atoms with Gasteiger partial charge in [-0.15, -0.1) is 0 Å². The van der Waals surface area contributed by atoms with E-state index in [9.17, 15) is 5.11 Å². The predicted octanol–water partition coefficient (Wildman–Crippen LogP) is 0.0616. The molecule has 16 heavy (non-hydrogen) atoms. The standard InChI is InChI=1S/C10H17N5O/c1-12-8-6-9(14-10(11)13-8)15-4-2-7(16)3-5-15/h6-7,16H,2-5H2,1H3,(H3,11,12,13,14). The molecule has 1 aliphatic heterocycles. The Hall–Kier alpha value is -1.56. The van der Waals surface area contributed by atoms with Crippen LogP contribution in [0, 0.1) is 0 Å². The molecule has 1 aromatic rings. The molecule has 0 spiro atoms. The van der Waals surface area contributed by atoms with Crippen molar-refractivity contribution in [1.82, 2.24) is 9.97 Å². The molecule has 4 N–H and O–H groups in total. The second-order valence-electron chi connectivity index (χ2n) is 3.94. The lowest BCUT2D eigenvalue weighted by Gasteiger charge is -2.30. The monoisotopic (exact) mass is 223 g/mol. The van der Waals surface area contributed by atoms with Crippen molar-refractivity contribution in [2.75, 3.05) is 36.1 Å². The summed E-state index contributed by atoms with van der Waals surface area (Å²) in [6.07, 6.45) is 1.37. The third-order valence-electron chi connectivity index (χ3n) is 2.77. The van der Waals surface area contributed by atoms with Gasteiger partial charge in [0.1, 0.15) is 11.6 Å². The van der Waals surface area contributed by atoms with E-state index in [1.807, 2.05) is 6.07 Å². The molecule has 0 amide bonds. The third kappa shape index (κ3) is 2.33. The minimum atomic E-state index is -0.181. The Morgan fingerprint density at radius 2 is 2.12 bits per heavy atom. The highest BCUT2D eigenvalue weighted by Crippen LogP contribution is 2.20. The van der Waals surface area contributed by atoms with Crippen LogP contribution in [0.15, 0.2) is 6.07 Å². The number of aromatic nitrogens is 2. The molecule has 1 aliphatic rings. The van der Waals surface area contributed by atoms with Crippen molar-refractivity contribution in [3.8, 4) is 0 Å². The molecule has 6 nitrogen and oxygen atoms in total. The second-order valence-corrected chi connectivity index (χ2v) is 3.94. The number of hydrogen-bond acceptors (Lipinski definition) is 6. The van der Waals surface area contributed by atoms with E-state index in [1.54, 1.807) is 7.05 Å². The first-order valence-electron chi connectivity index (χ1n) is 5.44. The largest absolute Gasteiger partial charge is 0.393 e. The molecular formula is C10H17N5O. The first-order chi connectivity index (χ1) is 7.69. The summed E-state index contributed by atoms with van der Waals surface area (Å²) in [5.74, 6) is 1.81. The van der Waals surface area contributed by atoms with Gasteiger partial charge in [-0.2, -0.15) is 9.97 Å². The van der Waals surface area contributed by atoms with E-state index >= 15 is 0 Å². The molecule has 1 fully saturated rings. The Morgan fingerprint density at radius 3 is 2.75 bits per heavy atom. The van der Waals surface area contributed by atoms with Crippen LogP contribution in [0.1, 0.15) is 12.8 Å². The van der Waals surface area contributed by atoms with Gasteiger partial charge >= 0.3 is 0 Å². The average Bonchev–Trinajstić information content (AvgIpc) is 2.29. The van der Waals surface area contributed by atoms with Crippen LogP contribution in [0.3, 0.4) is 0 Å². The highest BCUT2D eigenvalue weighted by atomic mass is 16.3. The van der Waals surface area contributed by atoms with Crippen LogP contribution in [0.2, 0.25) is 0 Å². The summed E-state index contributed by atoms with van der Waals surface area (Å²) >= 11 is 0. The van der Waals surface area contributed by atoms with Gasteiger partial charge in [-0.25, -0.2) is 0 Å². The maximum atomic E-state index is 9.43. The highest BCUT2D eigenvalue weighted by molar-refractivity contribution is 5.52. The van der Waals surface area contributed by atoms with Crippen LogP contribution in [0.5, 0.6) is 0 Å². The van der Waals surface area contributed by atoms with Gasteiger partial charge in [0.2, 0.25) is 5.95 Å². The molecule has 0 unspecified atom stereocenters. The second kappa shape index (κ2) is 4.52. The summed E-state index contributed by atoms with van der Waals surface area (Å²) < 4.78 is 0. The van der Waals surface area contributed by atoms with Crippen molar-refractivity contribution in [3.05, 3.63) is 6.07 Å². The van der Waals surface area contributed by atoms with Gasteiger partial charge in [0, 0.05) is 26.2 Å². The van der Waals surface area contributed by atoms with Crippen molar-refractivity contribution in [3.63, 3.8) is 0 Å². The number of nitrogens with one attached hydrogen (secondary N) is 1. The number of rotatable bonds is 2. The van der Waals surface area contributed by atoms with E-state index in [0.29, 0.717) is 5.82 Å². The normalized spacial score (nSPS) is 17.5. The molecule has 0 aromatic carbocycles. The van der Waals surface area contributed by atoms with Crippen molar-refractivity contribution in [1.29, 1.82) is 0 Å².